The van der Waals surface area contributed by atoms with Gasteiger partial charge in [0.2, 0.25) is 0 Å². The van der Waals surface area contributed by atoms with Crippen LogP contribution >= 0.6 is 11.3 Å². The monoisotopic (exact) mass is 373 g/mol. The fourth-order valence-corrected chi connectivity index (χ4v) is 4.17. The summed E-state index contributed by atoms with van der Waals surface area (Å²) in [7, 11) is 0. The highest BCUT2D eigenvalue weighted by Gasteiger charge is 2.28. The minimum atomic E-state index is -0.553. The fraction of sp³-hybridized carbons (Fsp3) is 0.333. The van der Waals surface area contributed by atoms with E-state index in [4.69, 9.17) is 0 Å². The van der Waals surface area contributed by atoms with Crippen LogP contribution in [0.5, 0.6) is 0 Å². The summed E-state index contributed by atoms with van der Waals surface area (Å²) in [6.45, 7) is 4.72. The predicted octanol–water partition coefficient (Wildman–Crippen LogP) is 3.26. The van der Waals surface area contributed by atoms with Crippen molar-refractivity contribution in [3.8, 4) is 6.07 Å². The minimum Gasteiger partial charge on any atom is -0.351 e. The van der Waals surface area contributed by atoms with Gasteiger partial charge in [0.25, 0.3) is 0 Å². The van der Waals surface area contributed by atoms with Crippen molar-refractivity contribution in [2.75, 3.05) is 24.5 Å². The molecule has 1 saturated heterocycles. The van der Waals surface area contributed by atoms with Crippen molar-refractivity contribution in [1.29, 1.82) is 5.26 Å². The highest BCUT2D eigenvalue weighted by atomic mass is 32.1. The van der Waals surface area contributed by atoms with Gasteiger partial charge in [-0.2, -0.15) is 10.2 Å². The smallest absolute Gasteiger partial charge is 0.196 e. The van der Waals surface area contributed by atoms with Gasteiger partial charge in [-0.15, -0.1) is 11.3 Å². The van der Waals surface area contributed by atoms with Gasteiger partial charge in [-0.1, -0.05) is 0 Å². The predicted molar refractivity (Wildman–Crippen MR) is 96.2 cm³/mol. The van der Waals surface area contributed by atoms with Crippen molar-refractivity contribution >= 4 is 22.1 Å². The highest BCUT2D eigenvalue weighted by Crippen LogP contribution is 2.26. The van der Waals surface area contributed by atoms with E-state index in [0.717, 1.165) is 17.6 Å². The Morgan fingerprint density at radius 1 is 1.27 bits per heavy atom. The van der Waals surface area contributed by atoms with E-state index in [9.17, 15) is 14.0 Å². The molecule has 1 fully saturated rings. The van der Waals surface area contributed by atoms with E-state index in [1.165, 1.54) is 23.5 Å². The summed E-state index contributed by atoms with van der Waals surface area (Å²) in [4.78, 5) is 9.71. The number of imidazole rings is 1. The summed E-state index contributed by atoms with van der Waals surface area (Å²) >= 11 is 1.50. The molecule has 5 nitrogen and oxygen atoms in total. The summed E-state index contributed by atoms with van der Waals surface area (Å²) in [5, 5.41) is 11.4. The molecule has 4 rings (SSSR count). The number of fused-ring (bicyclic) bond motifs is 1. The molecule has 134 valence electrons. The topological polar surface area (TPSA) is 47.6 Å². The Morgan fingerprint density at radius 3 is 2.73 bits per heavy atom. The Labute approximate surface area is 153 Å². The van der Waals surface area contributed by atoms with Crippen LogP contribution in [0, 0.1) is 23.0 Å². The normalized spacial score (nSPS) is 18.4. The minimum absolute atomic E-state index is 0.168. The number of halogens is 2. The van der Waals surface area contributed by atoms with Crippen LogP contribution in [0.15, 0.2) is 29.8 Å². The molecule has 3 aromatic rings. The van der Waals surface area contributed by atoms with Gasteiger partial charge in [-0.3, -0.25) is 9.30 Å². The van der Waals surface area contributed by atoms with Crippen LogP contribution in [0.3, 0.4) is 0 Å². The molecule has 0 N–H and O–H groups in total. The van der Waals surface area contributed by atoms with Gasteiger partial charge in [0.05, 0.1) is 0 Å². The summed E-state index contributed by atoms with van der Waals surface area (Å²) in [6, 6.07) is 6.05. The lowest BCUT2D eigenvalue weighted by atomic mass is 10.1. The van der Waals surface area contributed by atoms with E-state index < -0.39 is 11.6 Å². The molecule has 1 aliphatic rings. The van der Waals surface area contributed by atoms with E-state index in [2.05, 4.69) is 27.8 Å². The second-order valence-corrected chi connectivity index (χ2v) is 7.37. The fourth-order valence-electron chi connectivity index (χ4n) is 3.46. The summed E-state index contributed by atoms with van der Waals surface area (Å²) in [6.07, 6.45) is 1.85. The highest BCUT2D eigenvalue weighted by molar-refractivity contribution is 7.15. The molecule has 2 aromatic heterocycles. The van der Waals surface area contributed by atoms with Crippen LogP contribution in [0.4, 0.5) is 14.6 Å². The molecule has 0 spiro atoms. The third-order valence-corrected chi connectivity index (χ3v) is 5.48. The second-order valence-electron chi connectivity index (χ2n) is 6.49. The van der Waals surface area contributed by atoms with E-state index in [-0.39, 0.29) is 6.04 Å². The molecule has 1 atom stereocenters. The second kappa shape index (κ2) is 6.67. The quantitative estimate of drug-likeness (QED) is 0.707. The maximum absolute atomic E-state index is 13.4. The van der Waals surface area contributed by atoms with Gasteiger partial charge in [0.1, 0.15) is 17.7 Å². The first-order chi connectivity index (χ1) is 12.5. The summed E-state index contributed by atoms with van der Waals surface area (Å²) in [5.74, 6) is -0.395. The van der Waals surface area contributed by atoms with Gasteiger partial charge < -0.3 is 4.90 Å². The number of hydrogen-bond acceptors (Lipinski definition) is 5. The molecule has 1 unspecified atom stereocenters. The first-order valence-corrected chi connectivity index (χ1v) is 9.22. The Kier molecular flexibility index (Phi) is 4.34. The number of nitriles is 1. The number of hydrogen-bond donors (Lipinski definition) is 0. The van der Waals surface area contributed by atoms with Crippen molar-refractivity contribution in [1.82, 2.24) is 14.3 Å². The molecule has 1 aromatic carbocycles. The number of aromatic nitrogens is 2. The SMILES string of the molecule is CC1CN(c2nc3sccn3c2C#N)CCN1Cc1cc(F)cc(F)c1. The maximum Gasteiger partial charge on any atom is 0.196 e. The number of rotatable bonds is 3. The number of anilines is 1. The number of benzene rings is 1. The molecule has 8 heteroatoms. The van der Waals surface area contributed by atoms with Crippen molar-refractivity contribution in [2.24, 2.45) is 0 Å². The largest absolute Gasteiger partial charge is 0.351 e. The van der Waals surface area contributed by atoms with Crippen LogP contribution < -0.4 is 4.90 Å². The Morgan fingerprint density at radius 2 is 2.04 bits per heavy atom. The first-order valence-electron chi connectivity index (χ1n) is 8.35. The lowest BCUT2D eigenvalue weighted by molar-refractivity contribution is 0.180. The van der Waals surface area contributed by atoms with Gasteiger partial charge in [0.15, 0.2) is 16.5 Å². The molecule has 26 heavy (non-hydrogen) atoms. The van der Waals surface area contributed by atoms with Crippen molar-refractivity contribution in [3.63, 3.8) is 0 Å². The molecular weight excluding hydrogens is 356 g/mol. The van der Waals surface area contributed by atoms with E-state index >= 15 is 0 Å². The zero-order valence-electron chi connectivity index (χ0n) is 14.2. The average molecular weight is 373 g/mol. The molecule has 3 heterocycles. The third-order valence-electron chi connectivity index (χ3n) is 4.72. The molecule has 0 aliphatic carbocycles. The van der Waals surface area contributed by atoms with Gasteiger partial charge >= 0.3 is 0 Å². The van der Waals surface area contributed by atoms with E-state index in [1.807, 2.05) is 16.0 Å². The zero-order chi connectivity index (χ0) is 18.3. The molecule has 0 saturated carbocycles. The van der Waals surface area contributed by atoms with Crippen molar-refractivity contribution in [2.45, 2.75) is 19.5 Å². The summed E-state index contributed by atoms with van der Waals surface area (Å²) in [5.41, 5.74) is 1.18. The molecule has 0 radical (unpaired) electrons. The lowest BCUT2D eigenvalue weighted by Crippen LogP contribution is -2.51. The third kappa shape index (κ3) is 3.04. The molecule has 0 bridgehead atoms. The van der Waals surface area contributed by atoms with Crippen LogP contribution in [-0.2, 0) is 6.54 Å². The molecular formula is C18H17F2N5S. The van der Waals surface area contributed by atoms with Gasteiger partial charge in [-0.05, 0) is 24.6 Å². The number of piperazine rings is 1. The maximum atomic E-state index is 13.4. The van der Waals surface area contributed by atoms with Crippen molar-refractivity contribution in [3.05, 3.63) is 52.7 Å². The van der Waals surface area contributed by atoms with Crippen LogP contribution in [0.25, 0.3) is 4.96 Å². The molecule has 0 amide bonds. The number of nitrogens with zero attached hydrogens (tertiary/aromatic N) is 5. The Balaban J connectivity index is 1.51. The Hall–Kier alpha value is -2.50. The van der Waals surface area contributed by atoms with E-state index in [0.29, 0.717) is 36.7 Å². The Bertz CT molecular complexity index is 969. The van der Waals surface area contributed by atoms with Gasteiger partial charge in [0, 0.05) is 49.9 Å². The average Bonchev–Trinajstić information content (AvgIpc) is 3.16. The van der Waals surface area contributed by atoms with Crippen LogP contribution in [-0.4, -0.2) is 40.0 Å². The van der Waals surface area contributed by atoms with E-state index in [1.54, 1.807) is 0 Å². The molecule has 1 aliphatic heterocycles. The first kappa shape index (κ1) is 16.9. The van der Waals surface area contributed by atoms with Crippen LogP contribution in [0.1, 0.15) is 18.2 Å². The number of thiazole rings is 1. The summed E-state index contributed by atoms with van der Waals surface area (Å²) < 4.78 is 28.6. The van der Waals surface area contributed by atoms with Gasteiger partial charge in [-0.25, -0.2) is 8.78 Å². The zero-order valence-corrected chi connectivity index (χ0v) is 15.0. The van der Waals surface area contributed by atoms with Crippen LogP contribution in [0.2, 0.25) is 0 Å². The standard InChI is InChI=1S/C18H17F2N5S/c1-12-10-24(17-16(9-21)25-4-5-26-18(25)22-17)3-2-23(12)11-13-6-14(19)8-15(20)7-13/h4-8,12H,2-3,10-11H2,1H3. The lowest BCUT2D eigenvalue weighted by Gasteiger charge is -2.40. The van der Waals surface area contributed by atoms with Crippen molar-refractivity contribution < 1.29 is 8.78 Å².